The van der Waals surface area contributed by atoms with Crippen LogP contribution in [0.15, 0.2) is 36.5 Å². The Labute approximate surface area is 131 Å². The Morgan fingerprint density at radius 1 is 1.26 bits per heavy atom. The number of amides is 1. The second-order valence-electron chi connectivity index (χ2n) is 4.93. The Kier molecular flexibility index (Phi) is 5.38. The van der Waals surface area contributed by atoms with E-state index < -0.39 is 11.9 Å². The third-order valence-corrected chi connectivity index (χ3v) is 3.20. The van der Waals surface area contributed by atoms with E-state index in [2.05, 4.69) is 10.4 Å². The quantitative estimate of drug-likeness (QED) is 0.801. The number of nitrogens with zero attached hydrogens (tertiary/aromatic N) is 2. The Hall–Kier alpha value is -2.35. The van der Waals surface area contributed by atoms with Crippen molar-refractivity contribution in [3.8, 4) is 5.69 Å². The van der Waals surface area contributed by atoms with Crippen molar-refractivity contribution in [1.82, 2.24) is 15.1 Å². The molecule has 0 unspecified atom stereocenters. The molecule has 1 amide bonds. The van der Waals surface area contributed by atoms with Gasteiger partial charge >= 0.3 is 6.18 Å². The number of hydrogen-bond acceptors (Lipinski definition) is 3. The topological polar surface area (TPSA) is 72.9 Å². The normalized spacial score (nSPS) is 11.5. The predicted molar refractivity (Wildman–Crippen MR) is 79.2 cm³/mol. The van der Waals surface area contributed by atoms with Gasteiger partial charge in [-0.25, -0.2) is 4.68 Å². The van der Waals surface area contributed by atoms with E-state index in [0.29, 0.717) is 13.1 Å². The minimum Gasteiger partial charge on any atom is -0.352 e. The lowest BCUT2D eigenvalue weighted by Gasteiger charge is -2.11. The molecule has 8 heteroatoms. The van der Waals surface area contributed by atoms with Crippen LogP contribution < -0.4 is 11.1 Å². The van der Waals surface area contributed by atoms with E-state index in [1.54, 1.807) is 6.07 Å². The third-order valence-electron chi connectivity index (χ3n) is 3.20. The highest BCUT2D eigenvalue weighted by Gasteiger charge is 2.35. The summed E-state index contributed by atoms with van der Waals surface area (Å²) in [6.45, 7) is 1.01. The first-order chi connectivity index (χ1) is 10.9. The summed E-state index contributed by atoms with van der Waals surface area (Å²) in [4.78, 5) is 12.0. The predicted octanol–water partition coefficient (Wildman–Crippen LogP) is 2.36. The summed E-state index contributed by atoms with van der Waals surface area (Å²) in [5.74, 6) is -0.343. The van der Waals surface area contributed by atoms with Gasteiger partial charge in [0.1, 0.15) is 5.69 Å². The van der Waals surface area contributed by atoms with Gasteiger partial charge in [0.15, 0.2) is 0 Å². The Balaban J connectivity index is 2.17. The number of benzene rings is 1. The number of halogens is 3. The van der Waals surface area contributed by atoms with Crippen molar-refractivity contribution < 1.29 is 18.0 Å². The lowest BCUT2D eigenvalue weighted by atomic mass is 10.2. The van der Waals surface area contributed by atoms with Crippen LogP contribution in [0, 0.1) is 0 Å². The molecule has 2 rings (SSSR count). The molecular weight excluding hydrogens is 309 g/mol. The average Bonchev–Trinajstić information content (AvgIpc) is 3.01. The number of nitrogens with one attached hydrogen (secondary N) is 1. The number of aromatic nitrogens is 2. The SMILES string of the molecule is NCCCCNC(=O)c1cccc(-n2nccc2C(F)(F)F)c1. The highest BCUT2D eigenvalue weighted by Crippen LogP contribution is 2.30. The summed E-state index contributed by atoms with van der Waals surface area (Å²) < 4.78 is 39.5. The first-order valence-corrected chi connectivity index (χ1v) is 7.13. The number of carbonyl (C=O) groups excluding carboxylic acids is 1. The van der Waals surface area contributed by atoms with Crippen molar-refractivity contribution in [2.75, 3.05) is 13.1 Å². The maximum Gasteiger partial charge on any atom is 0.433 e. The molecule has 0 aliphatic carbocycles. The fourth-order valence-corrected chi connectivity index (χ4v) is 2.08. The molecule has 1 aromatic heterocycles. The van der Waals surface area contributed by atoms with Crippen LogP contribution in [0.5, 0.6) is 0 Å². The van der Waals surface area contributed by atoms with Crippen LogP contribution in [-0.4, -0.2) is 28.8 Å². The molecule has 0 atom stereocenters. The van der Waals surface area contributed by atoms with Gasteiger partial charge in [-0.05, 0) is 43.7 Å². The molecule has 1 aromatic carbocycles. The molecule has 0 aliphatic heterocycles. The summed E-state index contributed by atoms with van der Waals surface area (Å²) in [5, 5.41) is 6.40. The number of unbranched alkanes of at least 4 members (excludes halogenated alkanes) is 1. The van der Waals surface area contributed by atoms with Crippen molar-refractivity contribution in [1.29, 1.82) is 0 Å². The summed E-state index contributed by atoms with van der Waals surface area (Å²) in [6.07, 6.45) is -1.90. The monoisotopic (exact) mass is 326 g/mol. The van der Waals surface area contributed by atoms with E-state index in [1.165, 1.54) is 18.2 Å². The van der Waals surface area contributed by atoms with Gasteiger partial charge in [0.2, 0.25) is 0 Å². The van der Waals surface area contributed by atoms with Gasteiger partial charge < -0.3 is 11.1 Å². The first kappa shape index (κ1) is 17.0. The molecule has 5 nitrogen and oxygen atoms in total. The van der Waals surface area contributed by atoms with Gasteiger partial charge in [-0.2, -0.15) is 18.3 Å². The van der Waals surface area contributed by atoms with E-state index in [1.807, 2.05) is 0 Å². The molecule has 0 saturated heterocycles. The summed E-state index contributed by atoms with van der Waals surface area (Å²) >= 11 is 0. The van der Waals surface area contributed by atoms with Crippen molar-refractivity contribution in [2.45, 2.75) is 19.0 Å². The average molecular weight is 326 g/mol. The van der Waals surface area contributed by atoms with Gasteiger partial charge in [0.05, 0.1) is 11.9 Å². The summed E-state index contributed by atoms with van der Waals surface area (Å²) in [6, 6.07) is 6.79. The molecule has 0 radical (unpaired) electrons. The Morgan fingerprint density at radius 3 is 2.74 bits per heavy atom. The van der Waals surface area contributed by atoms with Crippen LogP contribution in [0.2, 0.25) is 0 Å². The minimum absolute atomic E-state index is 0.178. The van der Waals surface area contributed by atoms with E-state index in [4.69, 9.17) is 5.73 Å². The van der Waals surface area contributed by atoms with Crippen LogP contribution >= 0.6 is 0 Å². The van der Waals surface area contributed by atoms with Gasteiger partial charge in [-0.1, -0.05) is 6.07 Å². The number of alkyl halides is 3. The Morgan fingerprint density at radius 2 is 2.04 bits per heavy atom. The van der Waals surface area contributed by atoms with Gasteiger partial charge in [-0.3, -0.25) is 4.79 Å². The molecule has 2 aromatic rings. The maximum atomic E-state index is 12.9. The fraction of sp³-hybridized carbons (Fsp3) is 0.333. The number of carbonyl (C=O) groups is 1. The zero-order chi connectivity index (χ0) is 16.9. The minimum atomic E-state index is -4.52. The van der Waals surface area contributed by atoms with Gasteiger partial charge in [-0.15, -0.1) is 0 Å². The molecule has 0 spiro atoms. The maximum absolute atomic E-state index is 12.9. The van der Waals surface area contributed by atoms with Crippen LogP contribution in [0.25, 0.3) is 5.69 Å². The highest BCUT2D eigenvalue weighted by molar-refractivity contribution is 5.94. The molecule has 1 heterocycles. The zero-order valence-corrected chi connectivity index (χ0v) is 12.3. The van der Waals surface area contributed by atoms with Crippen LogP contribution in [0.3, 0.4) is 0 Å². The highest BCUT2D eigenvalue weighted by atomic mass is 19.4. The second-order valence-corrected chi connectivity index (χ2v) is 4.93. The molecule has 0 aliphatic rings. The summed E-state index contributed by atoms with van der Waals surface area (Å²) in [5.41, 5.74) is 4.93. The van der Waals surface area contributed by atoms with E-state index >= 15 is 0 Å². The molecule has 0 bridgehead atoms. The van der Waals surface area contributed by atoms with Gasteiger partial charge in [0, 0.05) is 12.1 Å². The molecule has 3 N–H and O–H groups in total. The van der Waals surface area contributed by atoms with Crippen molar-refractivity contribution in [3.63, 3.8) is 0 Å². The summed E-state index contributed by atoms with van der Waals surface area (Å²) in [7, 11) is 0. The molecular formula is C15H17F3N4O. The van der Waals surface area contributed by atoms with Gasteiger partial charge in [0.25, 0.3) is 5.91 Å². The number of hydrogen-bond donors (Lipinski definition) is 2. The fourth-order valence-electron chi connectivity index (χ4n) is 2.08. The number of nitrogens with two attached hydrogens (primary N) is 1. The second kappa shape index (κ2) is 7.28. The largest absolute Gasteiger partial charge is 0.433 e. The molecule has 23 heavy (non-hydrogen) atoms. The zero-order valence-electron chi connectivity index (χ0n) is 12.3. The Bertz CT molecular complexity index is 667. The standard InChI is InChI=1S/C15H17F3N4O/c16-15(17,18)13-6-9-21-22(13)12-5-3-4-11(10-12)14(23)20-8-2-1-7-19/h3-6,9-10H,1-2,7-8,19H2,(H,20,23). The lowest BCUT2D eigenvalue weighted by Crippen LogP contribution is -2.25. The third kappa shape index (κ3) is 4.32. The first-order valence-electron chi connectivity index (χ1n) is 7.13. The van der Waals surface area contributed by atoms with Crippen LogP contribution in [0.1, 0.15) is 28.9 Å². The van der Waals surface area contributed by atoms with Crippen molar-refractivity contribution in [2.24, 2.45) is 5.73 Å². The molecule has 124 valence electrons. The van der Waals surface area contributed by atoms with Crippen molar-refractivity contribution in [3.05, 3.63) is 47.8 Å². The van der Waals surface area contributed by atoms with E-state index in [0.717, 1.165) is 29.8 Å². The van der Waals surface area contributed by atoms with Crippen molar-refractivity contribution >= 4 is 5.91 Å². The van der Waals surface area contributed by atoms with Crippen LogP contribution in [-0.2, 0) is 6.18 Å². The van der Waals surface area contributed by atoms with E-state index in [9.17, 15) is 18.0 Å². The van der Waals surface area contributed by atoms with E-state index in [-0.39, 0.29) is 17.2 Å². The number of rotatable bonds is 6. The molecule has 0 saturated carbocycles. The van der Waals surface area contributed by atoms with Crippen LogP contribution in [0.4, 0.5) is 13.2 Å². The smallest absolute Gasteiger partial charge is 0.352 e. The lowest BCUT2D eigenvalue weighted by molar-refractivity contribution is -0.142. The molecule has 0 fully saturated rings.